The van der Waals surface area contributed by atoms with Crippen molar-refractivity contribution in [3.05, 3.63) is 36.5 Å². The third kappa shape index (κ3) is 13.0. The summed E-state index contributed by atoms with van der Waals surface area (Å²) in [7, 11) is -17.6. The summed E-state index contributed by atoms with van der Waals surface area (Å²) in [6.07, 6.45) is -0.440. The van der Waals surface area contributed by atoms with Gasteiger partial charge < -0.3 is 69.0 Å². The lowest BCUT2D eigenvalue weighted by Crippen LogP contribution is -2.46. The van der Waals surface area contributed by atoms with Gasteiger partial charge in [0.2, 0.25) is 16.9 Å². The third-order valence-corrected chi connectivity index (χ3v) is 11.9. The number of nitrogen functional groups attached to an aromatic ring is 1. The molecule has 0 saturated carbocycles. The molecule has 1 fully saturated rings. The van der Waals surface area contributed by atoms with Gasteiger partial charge in [0.25, 0.3) is 15.6 Å². The topological polar surface area (TPSA) is 375 Å². The fourth-order valence-electron chi connectivity index (χ4n) is 5.10. The second-order valence-corrected chi connectivity index (χ2v) is 17.9. The summed E-state index contributed by atoms with van der Waals surface area (Å²) < 4.78 is 60.5. The third-order valence-electron chi connectivity index (χ3n) is 7.94. The summed E-state index contributed by atoms with van der Waals surface area (Å²) in [5, 5.41) is 26.1. The molecule has 1 aliphatic heterocycles. The van der Waals surface area contributed by atoms with E-state index in [1.165, 1.54) is 13.8 Å². The molecule has 2 aromatic heterocycles. The number of carbonyl (C=O) groups is 3. The number of thioether (sulfide) groups is 1. The second kappa shape index (κ2) is 19.2. The Bertz CT molecular complexity index is 1960. The molecule has 7 atom stereocenters. The lowest BCUT2D eigenvalue weighted by molar-refractivity contribution is -0.347. The molecule has 3 heterocycles. The number of carbonyl (C=O) groups excluding carboxylic acids is 3. The van der Waals surface area contributed by atoms with Crippen LogP contribution in [0.2, 0.25) is 0 Å². The molecule has 312 valence electrons. The number of amides is 2. The number of anilines is 1. The van der Waals surface area contributed by atoms with Crippen LogP contribution in [0.25, 0.3) is 11.2 Å². The van der Waals surface area contributed by atoms with Crippen LogP contribution < -0.4 is 35.9 Å². The van der Waals surface area contributed by atoms with E-state index in [1.807, 2.05) is 12.2 Å². The van der Waals surface area contributed by atoms with Gasteiger partial charge in [-0.2, -0.15) is 0 Å². The summed E-state index contributed by atoms with van der Waals surface area (Å²) in [5.74, 6) is -1.23. The first kappa shape index (κ1) is 45.7. The highest BCUT2D eigenvalue weighted by atomic mass is 32.2. The average Bonchev–Trinajstić information content (AvgIpc) is 3.68. The molecule has 28 heteroatoms. The van der Waals surface area contributed by atoms with Crippen molar-refractivity contribution in [1.82, 2.24) is 30.2 Å². The van der Waals surface area contributed by atoms with Crippen LogP contribution in [0.1, 0.15) is 39.3 Å². The smallest absolute Gasteiger partial charge is 0.274 e. The number of nitrogens with two attached hydrogens (primary N) is 1. The van der Waals surface area contributed by atoms with Crippen molar-refractivity contribution in [3.63, 3.8) is 0 Å². The molecule has 2 unspecified atom stereocenters. The van der Waals surface area contributed by atoms with Crippen LogP contribution >= 0.6 is 35.2 Å². The molecule has 56 heavy (non-hydrogen) atoms. The van der Waals surface area contributed by atoms with Crippen molar-refractivity contribution in [2.45, 2.75) is 63.8 Å². The van der Waals surface area contributed by atoms with E-state index in [9.17, 15) is 57.9 Å². The van der Waals surface area contributed by atoms with Gasteiger partial charge in [0, 0.05) is 36.3 Å². The number of aromatic nitrogens is 4. The van der Waals surface area contributed by atoms with Gasteiger partial charge in [-0.1, -0.05) is 43.8 Å². The van der Waals surface area contributed by atoms with Crippen LogP contribution in [0.15, 0.2) is 36.5 Å². The van der Waals surface area contributed by atoms with Crippen molar-refractivity contribution in [2.75, 3.05) is 37.8 Å². The fourth-order valence-corrected chi connectivity index (χ4v) is 8.54. The van der Waals surface area contributed by atoms with Gasteiger partial charge in [-0.25, -0.2) is 19.3 Å². The van der Waals surface area contributed by atoms with Gasteiger partial charge in [0.05, 0.1) is 27.4 Å². The number of fused-ring (bicyclic) bond motifs is 1. The first-order chi connectivity index (χ1) is 26.1. The highest BCUT2D eigenvalue weighted by molar-refractivity contribution is 8.14. The van der Waals surface area contributed by atoms with Crippen LogP contribution in [-0.2, 0) is 50.7 Å². The lowest BCUT2D eigenvalue weighted by Gasteiger charge is -2.36. The normalized spacial score (nSPS) is 22.9. The van der Waals surface area contributed by atoms with Crippen molar-refractivity contribution in [2.24, 2.45) is 5.41 Å². The van der Waals surface area contributed by atoms with Gasteiger partial charge in [-0.15, -0.1) is 0 Å². The maximum atomic E-state index is 12.5. The van der Waals surface area contributed by atoms with E-state index in [1.54, 1.807) is 6.08 Å². The Morgan fingerprint density at radius 2 is 1.80 bits per heavy atom. The number of phosphoric ester groups is 3. The highest BCUT2D eigenvalue weighted by Gasteiger charge is 2.47. The molecule has 4 rings (SSSR count). The number of aliphatic hydroxyl groups excluding tert-OH is 2. The van der Waals surface area contributed by atoms with E-state index >= 15 is 0 Å². The van der Waals surface area contributed by atoms with Crippen LogP contribution in [0.5, 0.6) is 0 Å². The van der Waals surface area contributed by atoms with Crippen molar-refractivity contribution >= 4 is 69.1 Å². The van der Waals surface area contributed by atoms with E-state index in [-0.39, 0.29) is 41.6 Å². The number of allylic oxidation sites excluding steroid dienone is 3. The van der Waals surface area contributed by atoms with Gasteiger partial charge in [-0.3, -0.25) is 28.1 Å². The van der Waals surface area contributed by atoms with Crippen LogP contribution in [0.3, 0.4) is 0 Å². The molecular weight excluding hydrogens is 831 g/mol. The van der Waals surface area contributed by atoms with Gasteiger partial charge in [0.15, 0.2) is 17.7 Å². The Balaban J connectivity index is 1.23. The fraction of sp³-hybridized carbons (Fsp3) is 0.571. The van der Waals surface area contributed by atoms with E-state index in [2.05, 4.69) is 43.5 Å². The van der Waals surface area contributed by atoms with Crippen LogP contribution in [0, 0.1) is 5.41 Å². The zero-order valence-corrected chi connectivity index (χ0v) is 33.1. The van der Waals surface area contributed by atoms with Crippen molar-refractivity contribution < 1.29 is 80.5 Å². The van der Waals surface area contributed by atoms with Crippen LogP contribution in [0.4, 0.5) is 5.82 Å². The molecule has 2 aliphatic rings. The predicted octanol–water partition coefficient (Wildman–Crippen LogP) is -2.59. The summed E-state index contributed by atoms with van der Waals surface area (Å²) in [5.41, 5.74) is 4.67. The maximum Gasteiger partial charge on any atom is 0.274 e. The van der Waals surface area contributed by atoms with Gasteiger partial charge >= 0.3 is 0 Å². The van der Waals surface area contributed by atoms with E-state index in [4.69, 9.17) is 10.5 Å². The molecular formula is C28H38N7O17P3S-4. The number of imidazole rings is 1. The number of nitrogens with zero attached hydrogens (tertiary/aromatic N) is 4. The summed E-state index contributed by atoms with van der Waals surface area (Å²) in [6.45, 7) is 0.0873. The molecule has 2 aromatic rings. The number of hydrogen-bond donors (Lipinski definition) is 5. The molecule has 1 aliphatic carbocycles. The lowest BCUT2D eigenvalue weighted by atomic mass is 9.87. The molecule has 6 N–H and O–H groups in total. The first-order valence-corrected chi connectivity index (χ1v) is 21.8. The number of ether oxygens (including phenoxy) is 1. The maximum absolute atomic E-state index is 12.5. The molecule has 0 aromatic carbocycles. The molecule has 0 radical (unpaired) electrons. The number of nitrogens with one attached hydrogen (secondary N) is 2. The molecule has 1 saturated heterocycles. The molecule has 24 nitrogen and oxygen atoms in total. The zero-order chi connectivity index (χ0) is 41.5. The molecule has 0 spiro atoms. The predicted molar refractivity (Wildman–Crippen MR) is 185 cm³/mol. The Labute approximate surface area is 322 Å². The van der Waals surface area contributed by atoms with Crippen molar-refractivity contribution in [3.8, 4) is 0 Å². The standard InChI is InChI=1S/C28H42N7O17P3S/c1-28(2,22(38)25(39)31-9-8-18(36)30-10-11-56-27(40)16-6-4-3-5-7-16)13-49-55(46,47)52-54(44,45)48-12-17-21(51-53(41,42)43)20(37)26(50-17)35-15-34-19-23(29)32-14-33-24(19)35/h4,6-7,14-15,17,20-22,26,37-38H,3,5,8-13H2,1-2H3,(H,30,36)(H,31,39)(H,44,45)(H,46,47)(H2,29,32,33)(H2,41,42,43)/p-4/t17-,20-,21-,22+,26-/m1/s1. The minimum absolute atomic E-state index is 0.0213. The Morgan fingerprint density at radius 3 is 2.48 bits per heavy atom. The van der Waals surface area contributed by atoms with Gasteiger partial charge in [0.1, 0.15) is 36.3 Å². The summed E-state index contributed by atoms with van der Waals surface area (Å²) >= 11 is 1.05. The number of aliphatic hydroxyl groups is 2. The highest BCUT2D eigenvalue weighted by Crippen LogP contribution is 2.56. The average molecular weight is 870 g/mol. The first-order valence-electron chi connectivity index (χ1n) is 16.4. The van der Waals surface area contributed by atoms with Crippen LogP contribution in [-0.4, -0.2) is 103 Å². The zero-order valence-electron chi connectivity index (χ0n) is 29.6. The SMILES string of the molecule is CC(C)(COP(=O)([O-])OP(=O)([O-])OC[C@H]1O[C@@H](n2cnc3c(N)ncnc32)[C@H](O)[C@@H]1OP(=O)([O-])[O-])[C@@H](O)C(=O)NCCC(=O)NCCSC(=O)C1=CCCC=C1. The minimum atomic E-state index is -5.91. The second-order valence-electron chi connectivity index (χ2n) is 12.8. The minimum Gasteiger partial charge on any atom is -0.790 e. The Hall–Kier alpha value is -2.96. The van der Waals surface area contributed by atoms with E-state index < -0.39 is 84.6 Å². The Kier molecular flexibility index (Phi) is 15.7. The molecule has 2 amide bonds. The summed E-state index contributed by atoms with van der Waals surface area (Å²) in [4.78, 5) is 96.2. The summed E-state index contributed by atoms with van der Waals surface area (Å²) in [6, 6.07) is 0. The monoisotopic (exact) mass is 869 g/mol. The molecule has 0 bridgehead atoms. The number of phosphoric acid groups is 3. The van der Waals surface area contributed by atoms with Gasteiger partial charge in [-0.05, 0) is 12.8 Å². The largest absolute Gasteiger partial charge is 0.790 e. The van der Waals surface area contributed by atoms with E-state index in [0.29, 0.717) is 11.3 Å². The number of hydrogen-bond acceptors (Lipinski definition) is 22. The number of rotatable bonds is 20. The van der Waals surface area contributed by atoms with E-state index in [0.717, 1.165) is 41.8 Å². The Morgan fingerprint density at radius 1 is 1.09 bits per heavy atom. The van der Waals surface area contributed by atoms with Crippen molar-refractivity contribution in [1.29, 1.82) is 0 Å². The quantitative estimate of drug-likeness (QED) is 0.0673.